The van der Waals surface area contributed by atoms with Gasteiger partial charge in [0.2, 0.25) is 0 Å². The molecule has 0 spiro atoms. The van der Waals surface area contributed by atoms with Gasteiger partial charge in [0.15, 0.2) is 5.34 Å². The third kappa shape index (κ3) is 29.7. The van der Waals surface area contributed by atoms with Gasteiger partial charge < -0.3 is 24.8 Å². The van der Waals surface area contributed by atoms with Crippen molar-refractivity contribution in [1.29, 1.82) is 0 Å². The molecule has 94 valence electrons. The quantitative estimate of drug-likeness (QED) is 0.225. The van der Waals surface area contributed by atoms with Crippen molar-refractivity contribution in [2.45, 2.75) is 0 Å². The van der Waals surface area contributed by atoms with Crippen LogP contribution in [0.25, 0.3) is 0 Å². The van der Waals surface area contributed by atoms with E-state index in [1.807, 2.05) is 0 Å². The molecule has 0 aliphatic rings. The van der Waals surface area contributed by atoms with Crippen LogP contribution in [0.3, 0.4) is 0 Å². The van der Waals surface area contributed by atoms with Gasteiger partial charge >= 0.3 is 67.3 Å². The van der Waals surface area contributed by atoms with Crippen LogP contribution in [0.15, 0.2) is 5.34 Å². The molecule has 0 rings (SSSR count). The largest absolute Gasteiger partial charge is 2.00 e. The molecule has 0 aromatic carbocycles. The molecule has 0 saturated heterocycles. The van der Waals surface area contributed by atoms with E-state index in [-0.39, 0.29) is 104 Å². The summed E-state index contributed by atoms with van der Waals surface area (Å²) in [6.07, 6.45) is 0. The summed E-state index contributed by atoms with van der Waals surface area (Å²) in [5, 5.41) is 33.3. The van der Waals surface area contributed by atoms with Gasteiger partial charge in [-0.3, -0.25) is 4.90 Å². The summed E-state index contributed by atoms with van der Waals surface area (Å²) in [4.78, 5) is 9.90. The normalized spacial score (nSPS) is 7.50. The first-order chi connectivity index (χ1) is 6.26. The second kappa shape index (κ2) is 30.1. The first-order valence-corrected chi connectivity index (χ1v) is 3.78. The smallest absolute Gasteiger partial charge is 1.00 e. The summed E-state index contributed by atoms with van der Waals surface area (Å²) < 4.78 is 0. The standard InChI is InChI=1S/C6H15NO3.Ca.ClH.HNO2.Na.3H/c8-4-1-7(2-5-9)3-6-10;;;2-1-3;;;;/h8-10H,1-6H2;;1H;(H,2,3);;;;/q;+2;;;+1;3*-1. The summed E-state index contributed by atoms with van der Waals surface area (Å²) in [5.41, 5.74) is 0. The van der Waals surface area contributed by atoms with Gasteiger partial charge in [-0.1, -0.05) is 0 Å². The Hall–Kier alpha value is 1.79. The zero-order valence-corrected chi connectivity index (χ0v) is 14.5. The minimum atomic E-state index is 0. The van der Waals surface area contributed by atoms with E-state index in [9.17, 15) is 0 Å². The van der Waals surface area contributed by atoms with Gasteiger partial charge in [0.1, 0.15) is 0 Å². The molecule has 10 heteroatoms. The van der Waals surface area contributed by atoms with Gasteiger partial charge in [-0.25, -0.2) is 0 Å². The Labute approximate surface area is 157 Å². The van der Waals surface area contributed by atoms with Crippen LogP contribution >= 0.6 is 12.4 Å². The van der Waals surface area contributed by atoms with Crippen molar-refractivity contribution >= 4 is 50.1 Å². The fourth-order valence-corrected chi connectivity index (χ4v) is 0.760. The minimum Gasteiger partial charge on any atom is -1.00 e. The third-order valence-electron chi connectivity index (χ3n) is 1.25. The van der Waals surface area contributed by atoms with Crippen LogP contribution in [0.5, 0.6) is 0 Å². The SMILES string of the molecule is Cl.O=NO.OCCN(CCO)CCO.[Ca+2].[H-].[H-].[H-].[Na+]. The Balaban J connectivity index is -0.0000000206. The Bertz CT molecular complexity index is 117. The molecule has 7 nitrogen and oxygen atoms in total. The molecular formula is C6H20CaClN2NaO5. The van der Waals surface area contributed by atoms with Crippen molar-refractivity contribution in [2.75, 3.05) is 39.5 Å². The second-order valence-corrected chi connectivity index (χ2v) is 2.09. The van der Waals surface area contributed by atoms with Crippen molar-refractivity contribution in [3.05, 3.63) is 4.91 Å². The van der Waals surface area contributed by atoms with E-state index in [0.717, 1.165) is 0 Å². The summed E-state index contributed by atoms with van der Waals surface area (Å²) in [6.45, 7) is 1.75. The van der Waals surface area contributed by atoms with E-state index in [2.05, 4.69) is 0 Å². The molecule has 0 saturated carbocycles. The zero-order chi connectivity index (χ0) is 10.5. The number of rotatable bonds is 6. The van der Waals surface area contributed by atoms with Gasteiger partial charge in [0, 0.05) is 19.6 Å². The van der Waals surface area contributed by atoms with E-state index < -0.39 is 0 Å². The maximum absolute atomic E-state index is 8.48. The molecule has 0 amide bonds. The number of hydrogen-bond acceptors (Lipinski definition) is 6. The number of hydrogen-bond donors (Lipinski definition) is 4. The van der Waals surface area contributed by atoms with Crippen molar-refractivity contribution in [3.63, 3.8) is 0 Å². The summed E-state index contributed by atoms with van der Waals surface area (Å²) in [7, 11) is 0. The van der Waals surface area contributed by atoms with Crippen LogP contribution in [0.1, 0.15) is 4.28 Å². The van der Waals surface area contributed by atoms with E-state index in [4.69, 9.17) is 25.4 Å². The number of aliphatic hydroxyl groups excluding tert-OH is 3. The van der Waals surface area contributed by atoms with Crippen molar-refractivity contribution in [1.82, 2.24) is 4.90 Å². The van der Waals surface area contributed by atoms with E-state index in [0.29, 0.717) is 19.6 Å². The summed E-state index contributed by atoms with van der Waals surface area (Å²) >= 11 is 0. The minimum absolute atomic E-state index is 0. The number of aliphatic hydroxyl groups is 3. The van der Waals surface area contributed by atoms with Crippen LogP contribution < -0.4 is 29.6 Å². The molecule has 0 atom stereocenters. The van der Waals surface area contributed by atoms with Crippen LogP contribution in [-0.2, 0) is 0 Å². The predicted octanol–water partition coefficient (Wildman–Crippen LogP) is -4.21. The predicted molar refractivity (Wildman–Crippen MR) is 61.6 cm³/mol. The van der Waals surface area contributed by atoms with E-state index >= 15 is 0 Å². The molecule has 0 unspecified atom stereocenters. The number of nitrogens with zero attached hydrogens (tertiary/aromatic N) is 2. The fourth-order valence-electron chi connectivity index (χ4n) is 0.760. The molecule has 0 heterocycles. The molecule has 0 aliphatic carbocycles. The van der Waals surface area contributed by atoms with Crippen LogP contribution in [0.4, 0.5) is 0 Å². The molecule has 0 bridgehead atoms. The molecule has 0 fully saturated rings. The molecular weight excluding hydrogens is 279 g/mol. The second-order valence-electron chi connectivity index (χ2n) is 2.09. The van der Waals surface area contributed by atoms with Gasteiger partial charge in [0.25, 0.3) is 0 Å². The van der Waals surface area contributed by atoms with E-state index in [1.165, 1.54) is 5.34 Å². The van der Waals surface area contributed by atoms with Crippen molar-refractivity contribution in [2.24, 2.45) is 5.34 Å². The average molecular weight is 299 g/mol. The van der Waals surface area contributed by atoms with Crippen LogP contribution in [-0.4, -0.2) is 103 Å². The Morgan fingerprint density at radius 1 is 1.00 bits per heavy atom. The molecule has 0 aromatic heterocycles. The molecule has 0 radical (unpaired) electrons. The fraction of sp³-hybridized carbons (Fsp3) is 1.00. The first kappa shape index (κ1) is 30.7. The number of halogens is 1. The first-order valence-electron chi connectivity index (χ1n) is 3.78. The molecule has 0 aliphatic heterocycles. The van der Waals surface area contributed by atoms with Gasteiger partial charge in [0.05, 0.1) is 19.8 Å². The maximum Gasteiger partial charge on any atom is 2.00 e. The Morgan fingerprint density at radius 2 is 1.19 bits per heavy atom. The van der Waals surface area contributed by atoms with E-state index in [1.54, 1.807) is 4.90 Å². The third-order valence-corrected chi connectivity index (χ3v) is 1.25. The van der Waals surface area contributed by atoms with Crippen molar-refractivity contribution < 1.29 is 54.4 Å². The summed E-state index contributed by atoms with van der Waals surface area (Å²) in [5.74, 6) is 0. The van der Waals surface area contributed by atoms with Gasteiger partial charge in [-0.05, 0) is 0 Å². The molecule has 0 aromatic rings. The zero-order valence-electron chi connectivity index (χ0n) is 12.4. The Morgan fingerprint density at radius 3 is 1.31 bits per heavy atom. The average Bonchev–Trinajstić information content (AvgIpc) is 2.07. The molecule has 16 heavy (non-hydrogen) atoms. The van der Waals surface area contributed by atoms with Gasteiger partial charge in [-0.2, -0.15) is 0 Å². The van der Waals surface area contributed by atoms with Gasteiger partial charge in [-0.15, -0.1) is 17.3 Å². The van der Waals surface area contributed by atoms with Crippen LogP contribution in [0.2, 0.25) is 0 Å². The van der Waals surface area contributed by atoms with Crippen LogP contribution in [0, 0.1) is 4.91 Å². The Kier molecular flexibility index (Phi) is 57.7. The monoisotopic (exact) mass is 298 g/mol. The summed E-state index contributed by atoms with van der Waals surface area (Å²) in [6, 6.07) is 0. The molecule has 4 N–H and O–H groups in total. The maximum atomic E-state index is 8.48. The topological polar surface area (TPSA) is 114 Å². The van der Waals surface area contributed by atoms with Crippen molar-refractivity contribution in [3.8, 4) is 0 Å².